The maximum Gasteiger partial charge on any atom is 0.338 e. The fraction of sp³-hybridized carbons (Fsp3) is 0.200. The Morgan fingerprint density at radius 2 is 2.19 bits per heavy atom. The average Bonchev–Trinajstić information content (AvgIpc) is 2.26. The van der Waals surface area contributed by atoms with E-state index in [0.29, 0.717) is 11.2 Å². The van der Waals surface area contributed by atoms with Crippen LogP contribution in [-0.4, -0.2) is 22.0 Å². The monoisotopic (exact) mass is 219 g/mol. The third-order valence-electron chi connectivity index (χ3n) is 2.17. The van der Waals surface area contributed by atoms with Crippen molar-refractivity contribution in [3.05, 3.63) is 34.1 Å². The van der Waals surface area contributed by atoms with E-state index in [9.17, 15) is 10.1 Å². The highest BCUT2D eigenvalue weighted by atomic mass is 16.6. The number of methoxy groups -OCH3 is 1. The number of nitrogens with zero attached hydrogens (tertiary/aromatic N) is 3. The molecule has 0 unspecified atom stereocenters. The minimum atomic E-state index is -0.505. The number of hydrogen-bond donors (Lipinski definition) is 0. The first-order valence-electron chi connectivity index (χ1n) is 4.58. The quantitative estimate of drug-likeness (QED) is 0.569. The molecule has 6 heteroatoms. The van der Waals surface area contributed by atoms with Gasteiger partial charge in [-0.15, -0.1) is 0 Å². The van der Waals surface area contributed by atoms with E-state index in [4.69, 9.17) is 4.74 Å². The van der Waals surface area contributed by atoms with Crippen LogP contribution in [0.1, 0.15) is 5.69 Å². The lowest BCUT2D eigenvalue weighted by Crippen LogP contribution is -1.98. The molecule has 1 heterocycles. The van der Waals surface area contributed by atoms with Gasteiger partial charge in [-0.05, 0) is 19.1 Å². The van der Waals surface area contributed by atoms with E-state index < -0.39 is 4.92 Å². The second-order valence-electron chi connectivity index (χ2n) is 3.25. The molecular formula is C10H9N3O3. The Hall–Kier alpha value is -2.24. The number of benzene rings is 1. The third-order valence-corrected chi connectivity index (χ3v) is 2.17. The molecule has 0 radical (unpaired) electrons. The van der Waals surface area contributed by atoms with E-state index in [1.54, 1.807) is 19.2 Å². The van der Waals surface area contributed by atoms with E-state index in [-0.39, 0.29) is 17.0 Å². The van der Waals surface area contributed by atoms with Crippen LogP contribution in [0.2, 0.25) is 0 Å². The third kappa shape index (κ3) is 1.54. The Kier molecular flexibility index (Phi) is 2.40. The number of nitro benzene ring substituents is 1. The Balaban J connectivity index is 2.87. The van der Waals surface area contributed by atoms with E-state index in [2.05, 4.69) is 9.97 Å². The lowest BCUT2D eigenvalue weighted by atomic mass is 10.2. The fourth-order valence-corrected chi connectivity index (χ4v) is 1.47. The van der Waals surface area contributed by atoms with Crippen molar-refractivity contribution in [2.75, 3.05) is 7.11 Å². The van der Waals surface area contributed by atoms with Crippen molar-refractivity contribution in [1.29, 1.82) is 0 Å². The van der Waals surface area contributed by atoms with Crippen LogP contribution in [0.3, 0.4) is 0 Å². The molecule has 0 aliphatic heterocycles. The van der Waals surface area contributed by atoms with Gasteiger partial charge in [0.05, 0.1) is 23.2 Å². The summed E-state index contributed by atoms with van der Waals surface area (Å²) < 4.78 is 4.95. The Labute approximate surface area is 91.0 Å². The topological polar surface area (TPSA) is 78.2 Å². The predicted octanol–water partition coefficient (Wildman–Crippen LogP) is 1.86. The van der Waals surface area contributed by atoms with Crippen molar-refractivity contribution in [2.24, 2.45) is 0 Å². The number of hydrogen-bond acceptors (Lipinski definition) is 5. The summed E-state index contributed by atoms with van der Waals surface area (Å²) in [4.78, 5) is 18.7. The van der Waals surface area contributed by atoms with Gasteiger partial charge in [0.2, 0.25) is 0 Å². The number of nitro groups is 1. The maximum absolute atomic E-state index is 11.0. The molecule has 16 heavy (non-hydrogen) atoms. The van der Waals surface area contributed by atoms with Crippen LogP contribution in [0.25, 0.3) is 11.0 Å². The molecule has 0 N–H and O–H groups in total. The van der Waals surface area contributed by atoms with E-state index >= 15 is 0 Å². The second-order valence-corrected chi connectivity index (χ2v) is 3.25. The molecule has 0 bridgehead atoms. The summed E-state index contributed by atoms with van der Waals surface area (Å²) in [6, 6.07) is 3.16. The largest absolute Gasteiger partial charge is 0.490 e. The lowest BCUT2D eigenvalue weighted by Gasteiger charge is -2.04. The fourth-order valence-electron chi connectivity index (χ4n) is 1.47. The van der Waals surface area contributed by atoms with Crippen molar-refractivity contribution >= 4 is 16.7 Å². The molecule has 2 aromatic rings. The Bertz CT molecular complexity index is 568. The van der Waals surface area contributed by atoms with Crippen LogP contribution in [0.15, 0.2) is 18.3 Å². The molecule has 2 rings (SSSR count). The first-order chi connectivity index (χ1) is 7.63. The molecule has 6 nitrogen and oxygen atoms in total. The molecule has 0 amide bonds. The molecule has 0 saturated heterocycles. The van der Waals surface area contributed by atoms with Gasteiger partial charge in [0, 0.05) is 6.20 Å². The zero-order valence-corrected chi connectivity index (χ0v) is 8.80. The zero-order chi connectivity index (χ0) is 11.7. The first-order valence-corrected chi connectivity index (χ1v) is 4.58. The summed E-state index contributed by atoms with van der Waals surface area (Å²) >= 11 is 0. The SMILES string of the molecule is COc1ccc2ncc(C)nc2c1[N+](=O)[O-]. The smallest absolute Gasteiger partial charge is 0.338 e. The van der Waals surface area contributed by atoms with Crippen LogP contribution in [0, 0.1) is 17.0 Å². The van der Waals surface area contributed by atoms with Crippen LogP contribution < -0.4 is 4.74 Å². The van der Waals surface area contributed by atoms with Crippen molar-refractivity contribution in [1.82, 2.24) is 9.97 Å². The van der Waals surface area contributed by atoms with Crippen molar-refractivity contribution < 1.29 is 9.66 Å². The van der Waals surface area contributed by atoms with Crippen molar-refractivity contribution in [3.63, 3.8) is 0 Å². The highest BCUT2D eigenvalue weighted by Gasteiger charge is 2.21. The van der Waals surface area contributed by atoms with Gasteiger partial charge in [-0.3, -0.25) is 15.1 Å². The molecule has 82 valence electrons. The van der Waals surface area contributed by atoms with Crippen molar-refractivity contribution in [2.45, 2.75) is 6.92 Å². The summed E-state index contributed by atoms with van der Waals surface area (Å²) in [5.74, 6) is 0.192. The van der Waals surface area contributed by atoms with Gasteiger partial charge in [0.25, 0.3) is 0 Å². The number of aromatic nitrogens is 2. The van der Waals surface area contributed by atoms with E-state index in [1.165, 1.54) is 13.2 Å². The molecule has 0 aliphatic carbocycles. The van der Waals surface area contributed by atoms with Gasteiger partial charge in [0.1, 0.15) is 0 Å². The van der Waals surface area contributed by atoms with Gasteiger partial charge in [0.15, 0.2) is 11.3 Å². The highest BCUT2D eigenvalue weighted by molar-refractivity contribution is 5.87. The van der Waals surface area contributed by atoms with Gasteiger partial charge < -0.3 is 4.74 Å². The zero-order valence-electron chi connectivity index (χ0n) is 8.80. The Morgan fingerprint density at radius 3 is 2.81 bits per heavy atom. The maximum atomic E-state index is 11.0. The van der Waals surface area contributed by atoms with Gasteiger partial charge in [-0.25, -0.2) is 4.98 Å². The van der Waals surface area contributed by atoms with E-state index in [1.807, 2.05) is 0 Å². The molecule has 0 fully saturated rings. The Morgan fingerprint density at radius 1 is 1.44 bits per heavy atom. The van der Waals surface area contributed by atoms with Gasteiger partial charge in [-0.1, -0.05) is 0 Å². The van der Waals surface area contributed by atoms with E-state index in [0.717, 1.165) is 0 Å². The minimum absolute atomic E-state index is 0.142. The number of aryl methyl sites for hydroxylation is 1. The summed E-state index contributed by atoms with van der Waals surface area (Å²) in [7, 11) is 1.39. The standard InChI is InChI=1S/C10H9N3O3/c1-6-5-11-7-3-4-8(16-2)10(13(14)15)9(7)12-6/h3-5H,1-2H3. The summed E-state index contributed by atoms with van der Waals surface area (Å²) in [5, 5.41) is 11.0. The van der Waals surface area contributed by atoms with Gasteiger partial charge >= 0.3 is 5.69 Å². The molecule has 1 aromatic carbocycles. The number of fused-ring (bicyclic) bond motifs is 1. The molecular weight excluding hydrogens is 210 g/mol. The average molecular weight is 219 g/mol. The summed E-state index contributed by atoms with van der Waals surface area (Å²) in [6.07, 6.45) is 1.57. The molecule has 0 aliphatic rings. The van der Waals surface area contributed by atoms with Crippen LogP contribution >= 0.6 is 0 Å². The van der Waals surface area contributed by atoms with Crippen LogP contribution in [0.5, 0.6) is 5.75 Å². The van der Waals surface area contributed by atoms with Crippen molar-refractivity contribution in [3.8, 4) is 5.75 Å². The molecule has 0 atom stereocenters. The normalized spacial score (nSPS) is 10.4. The summed E-state index contributed by atoms with van der Waals surface area (Å²) in [5.41, 5.74) is 1.22. The molecule has 1 aromatic heterocycles. The predicted molar refractivity (Wildman–Crippen MR) is 57.5 cm³/mol. The first kappa shape index (κ1) is 10.3. The van der Waals surface area contributed by atoms with Crippen LogP contribution in [-0.2, 0) is 0 Å². The number of rotatable bonds is 2. The second kappa shape index (κ2) is 3.73. The highest BCUT2D eigenvalue weighted by Crippen LogP contribution is 2.32. The minimum Gasteiger partial charge on any atom is -0.490 e. The number of ether oxygens (including phenoxy) is 1. The summed E-state index contributed by atoms with van der Waals surface area (Å²) in [6.45, 7) is 1.73. The molecule has 0 spiro atoms. The lowest BCUT2D eigenvalue weighted by molar-refractivity contribution is -0.384. The van der Waals surface area contributed by atoms with Crippen LogP contribution in [0.4, 0.5) is 5.69 Å². The molecule has 0 saturated carbocycles. The van der Waals surface area contributed by atoms with Gasteiger partial charge in [-0.2, -0.15) is 0 Å².